The van der Waals surface area contributed by atoms with Crippen LogP contribution < -0.4 is 5.32 Å². The summed E-state index contributed by atoms with van der Waals surface area (Å²) in [5.41, 5.74) is 0.770. The lowest BCUT2D eigenvalue weighted by Gasteiger charge is -2.17. The summed E-state index contributed by atoms with van der Waals surface area (Å²) in [6.45, 7) is 2.10. The van der Waals surface area contributed by atoms with E-state index in [1.807, 2.05) is 6.92 Å². The van der Waals surface area contributed by atoms with Crippen LogP contribution in [-0.2, 0) is 11.3 Å². The zero-order valence-electron chi connectivity index (χ0n) is 11.1. The van der Waals surface area contributed by atoms with Crippen molar-refractivity contribution < 1.29 is 14.1 Å². The number of carbonyl (C=O) groups is 2. The summed E-state index contributed by atoms with van der Waals surface area (Å²) in [6, 6.07) is 1.47. The summed E-state index contributed by atoms with van der Waals surface area (Å²) < 4.78 is 5.01. The fourth-order valence-electron chi connectivity index (χ4n) is 1.26. The number of urea groups is 1. The Morgan fingerprint density at radius 3 is 2.56 bits per heavy atom. The third kappa shape index (κ3) is 4.08. The molecule has 0 fully saturated rings. The number of carbonyl (C=O) groups excluding carboxylic acids is 2. The molecule has 0 bridgehead atoms. The molecular weight excluding hydrogens is 236 g/mol. The molecule has 0 atom stereocenters. The second-order valence-corrected chi connectivity index (χ2v) is 4.24. The van der Waals surface area contributed by atoms with Crippen LogP contribution in [0.15, 0.2) is 10.6 Å². The molecule has 0 aromatic carbocycles. The third-order valence-electron chi connectivity index (χ3n) is 2.29. The molecule has 7 nitrogen and oxygen atoms in total. The Labute approximate surface area is 106 Å². The maximum absolute atomic E-state index is 11.7. The molecule has 7 heteroatoms. The van der Waals surface area contributed by atoms with Crippen LogP contribution in [0, 0.1) is 6.92 Å². The van der Waals surface area contributed by atoms with Crippen LogP contribution in [0.2, 0.25) is 0 Å². The van der Waals surface area contributed by atoms with E-state index in [1.165, 1.54) is 9.80 Å². The predicted molar refractivity (Wildman–Crippen MR) is 64.8 cm³/mol. The van der Waals surface area contributed by atoms with Crippen LogP contribution in [0.5, 0.6) is 0 Å². The van der Waals surface area contributed by atoms with Gasteiger partial charge in [-0.05, 0) is 6.92 Å². The first-order chi connectivity index (χ1) is 8.40. The molecule has 0 saturated heterocycles. The minimum Gasteiger partial charge on any atom is -0.359 e. The quantitative estimate of drug-likeness (QED) is 0.833. The highest BCUT2D eigenvalue weighted by atomic mass is 16.5. The molecule has 0 aliphatic carbocycles. The molecule has 0 spiro atoms. The van der Waals surface area contributed by atoms with Gasteiger partial charge in [-0.2, -0.15) is 0 Å². The van der Waals surface area contributed by atoms with Crippen LogP contribution in [0.4, 0.5) is 4.79 Å². The van der Waals surface area contributed by atoms with Crippen LogP contribution >= 0.6 is 0 Å². The zero-order valence-corrected chi connectivity index (χ0v) is 11.1. The number of aromatic nitrogens is 1. The second kappa shape index (κ2) is 6.04. The van der Waals surface area contributed by atoms with E-state index < -0.39 is 0 Å². The number of nitrogens with zero attached hydrogens (tertiary/aromatic N) is 3. The average Bonchev–Trinajstić information content (AvgIpc) is 2.70. The minimum absolute atomic E-state index is 0.0410. The third-order valence-corrected chi connectivity index (χ3v) is 2.29. The van der Waals surface area contributed by atoms with Gasteiger partial charge in [-0.15, -0.1) is 0 Å². The topological polar surface area (TPSA) is 78.7 Å². The molecule has 0 unspecified atom stereocenters. The Morgan fingerprint density at radius 1 is 1.39 bits per heavy atom. The molecule has 0 radical (unpaired) electrons. The van der Waals surface area contributed by atoms with Crippen molar-refractivity contribution >= 4 is 11.9 Å². The second-order valence-electron chi connectivity index (χ2n) is 4.24. The van der Waals surface area contributed by atoms with E-state index in [0.717, 1.165) is 5.69 Å². The molecule has 1 rings (SSSR count). The van der Waals surface area contributed by atoms with Gasteiger partial charge in [0, 0.05) is 27.2 Å². The summed E-state index contributed by atoms with van der Waals surface area (Å²) >= 11 is 0. The Bertz CT molecular complexity index is 428. The van der Waals surface area contributed by atoms with Gasteiger partial charge >= 0.3 is 6.03 Å². The van der Waals surface area contributed by atoms with Gasteiger partial charge < -0.3 is 19.6 Å². The van der Waals surface area contributed by atoms with Gasteiger partial charge in [-0.25, -0.2) is 4.79 Å². The largest absolute Gasteiger partial charge is 0.359 e. The van der Waals surface area contributed by atoms with Crippen molar-refractivity contribution in [3.63, 3.8) is 0 Å². The summed E-state index contributed by atoms with van der Waals surface area (Å²) in [4.78, 5) is 25.8. The Kier molecular flexibility index (Phi) is 4.70. The molecule has 18 heavy (non-hydrogen) atoms. The molecule has 100 valence electrons. The van der Waals surface area contributed by atoms with Gasteiger partial charge in [0.25, 0.3) is 0 Å². The molecule has 1 heterocycles. The normalized spacial score (nSPS) is 10.0. The van der Waals surface area contributed by atoms with Gasteiger partial charge in [0.2, 0.25) is 5.91 Å². The first-order valence-corrected chi connectivity index (χ1v) is 5.51. The molecule has 0 aliphatic heterocycles. The highest BCUT2D eigenvalue weighted by Crippen LogP contribution is 2.05. The minimum atomic E-state index is -0.299. The van der Waals surface area contributed by atoms with Crippen LogP contribution in [0.3, 0.4) is 0 Å². The standard InChI is InChI=1S/C11H18N4O3/c1-8-5-9(18-13-8)7-15(4)10(16)6-12-11(17)14(2)3/h5H,6-7H2,1-4H3,(H,12,17). The van der Waals surface area contributed by atoms with Gasteiger partial charge in [0.1, 0.15) is 0 Å². The molecule has 3 amide bonds. The van der Waals surface area contributed by atoms with Crippen molar-refractivity contribution in [2.24, 2.45) is 0 Å². The number of hydrogen-bond donors (Lipinski definition) is 1. The van der Waals surface area contributed by atoms with Gasteiger partial charge in [-0.1, -0.05) is 5.16 Å². The van der Waals surface area contributed by atoms with Crippen molar-refractivity contribution in [1.82, 2.24) is 20.3 Å². The fourth-order valence-corrected chi connectivity index (χ4v) is 1.26. The van der Waals surface area contributed by atoms with Crippen molar-refractivity contribution in [3.8, 4) is 0 Å². The molecule has 1 N–H and O–H groups in total. The fraction of sp³-hybridized carbons (Fsp3) is 0.545. The van der Waals surface area contributed by atoms with Crippen LogP contribution in [0.1, 0.15) is 11.5 Å². The summed E-state index contributed by atoms with van der Waals surface area (Å²) in [5, 5.41) is 6.24. The summed E-state index contributed by atoms with van der Waals surface area (Å²) in [5.74, 6) is 0.418. The number of amides is 3. The van der Waals surface area contributed by atoms with E-state index in [0.29, 0.717) is 12.3 Å². The van der Waals surface area contributed by atoms with Gasteiger partial charge in [0.05, 0.1) is 18.8 Å². The van der Waals surface area contributed by atoms with Gasteiger partial charge in [-0.3, -0.25) is 4.79 Å². The number of hydrogen-bond acceptors (Lipinski definition) is 4. The SMILES string of the molecule is Cc1cc(CN(C)C(=O)CNC(=O)N(C)C)on1. The van der Waals surface area contributed by atoms with Crippen molar-refractivity contribution in [2.45, 2.75) is 13.5 Å². The maximum atomic E-state index is 11.7. The smallest absolute Gasteiger partial charge is 0.317 e. The van der Waals surface area contributed by atoms with Gasteiger partial charge in [0.15, 0.2) is 5.76 Å². The van der Waals surface area contributed by atoms with E-state index in [1.54, 1.807) is 27.2 Å². The Morgan fingerprint density at radius 2 is 2.06 bits per heavy atom. The van der Waals surface area contributed by atoms with E-state index in [-0.39, 0.29) is 18.5 Å². The lowest BCUT2D eigenvalue weighted by atomic mass is 10.3. The summed E-state index contributed by atoms with van der Waals surface area (Å²) in [6.07, 6.45) is 0. The molecular formula is C11H18N4O3. The molecule has 0 saturated carbocycles. The Hall–Kier alpha value is -2.05. The Balaban J connectivity index is 2.40. The van der Waals surface area contributed by atoms with Crippen LogP contribution in [-0.4, -0.2) is 54.6 Å². The first-order valence-electron chi connectivity index (χ1n) is 5.51. The van der Waals surface area contributed by atoms with E-state index in [2.05, 4.69) is 10.5 Å². The lowest BCUT2D eigenvalue weighted by molar-refractivity contribution is -0.129. The predicted octanol–water partition coefficient (Wildman–Crippen LogP) is 0.213. The lowest BCUT2D eigenvalue weighted by Crippen LogP contribution is -2.41. The molecule has 1 aromatic heterocycles. The van der Waals surface area contributed by atoms with E-state index >= 15 is 0 Å². The van der Waals surface area contributed by atoms with Crippen molar-refractivity contribution in [1.29, 1.82) is 0 Å². The van der Waals surface area contributed by atoms with E-state index in [9.17, 15) is 9.59 Å². The number of nitrogens with one attached hydrogen (secondary N) is 1. The van der Waals surface area contributed by atoms with Crippen molar-refractivity contribution in [2.75, 3.05) is 27.7 Å². The number of aryl methyl sites for hydroxylation is 1. The van der Waals surface area contributed by atoms with Crippen LogP contribution in [0.25, 0.3) is 0 Å². The zero-order chi connectivity index (χ0) is 13.7. The average molecular weight is 254 g/mol. The monoisotopic (exact) mass is 254 g/mol. The summed E-state index contributed by atoms with van der Waals surface area (Å²) in [7, 11) is 4.86. The molecule has 1 aromatic rings. The first kappa shape index (κ1) is 14.0. The highest BCUT2D eigenvalue weighted by molar-refractivity contribution is 5.83. The molecule has 0 aliphatic rings. The number of rotatable bonds is 4. The highest BCUT2D eigenvalue weighted by Gasteiger charge is 2.13. The van der Waals surface area contributed by atoms with Crippen molar-refractivity contribution in [3.05, 3.63) is 17.5 Å². The number of likely N-dealkylation sites (N-methyl/N-ethyl adjacent to an activating group) is 1. The van der Waals surface area contributed by atoms with E-state index in [4.69, 9.17) is 4.52 Å². The maximum Gasteiger partial charge on any atom is 0.317 e.